The van der Waals surface area contributed by atoms with Crippen LogP contribution in [0.4, 0.5) is 5.69 Å². The standard InChI is InChI=1S/C16H25ClN2O/c1-12-8-14(12)11-19(2)16-5-4-13(9-15(16)17)10-18-6-7-20-3/h4-5,9,12,14,18H,6-8,10-11H2,1-3H3. The molecule has 1 saturated carbocycles. The van der Waals surface area contributed by atoms with Gasteiger partial charge in [0.05, 0.1) is 17.3 Å². The van der Waals surface area contributed by atoms with Gasteiger partial charge >= 0.3 is 0 Å². The van der Waals surface area contributed by atoms with Gasteiger partial charge in [0.25, 0.3) is 0 Å². The van der Waals surface area contributed by atoms with Crippen LogP contribution in [0.5, 0.6) is 0 Å². The third-order valence-electron chi connectivity index (χ3n) is 4.02. The Kier molecular flexibility index (Phi) is 5.70. The molecule has 0 radical (unpaired) electrons. The Bertz CT molecular complexity index is 438. The molecule has 20 heavy (non-hydrogen) atoms. The van der Waals surface area contributed by atoms with Crippen LogP contribution in [0.2, 0.25) is 5.02 Å². The lowest BCUT2D eigenvalue weighted by molar-refractivity contribution is 0.199. The average molecular weight is 297 g/mol. The molecule has 0 amide bonds. The van der Waals surface area contributed by atoms with Gasteiger partial charge in [-0.1, -0.05) is 24.6 Å². The lowest BCUT2D eigenvalue weighted by Gasteiger charge is -2.21. The highest BCUT2D eigenvalue weighted by Crippen LogP contribution is 2.39. The lowest BCUT2D eigenvalue weighted by atomic mass is 10.2. The van der Waals surface area contributed by atoms with Crippen molar-refractivity contribution in [2.45, 2.75) is 19.9 Å². The lowest BCUT2D eigenvalue weighted by Crippen LogP contribution is -2.21. The first-order valence-electron chi connectivity index (χ1n) is 7.31. The number of hydrogen-bond donors (Lipinski definition) is 1. The summed E-state index contributed by atoms with van der Waals surface area (Å²) in [6.07, 6.45) is 1.35. The highest BCUT2D eigenvalue weighted by atomic mass is 35.5. The predicted octanol–water partition coefficient (Wildman–Crippen LogP) is 3.17. The van der Waals surface area contributed by atoms with Crippen molar-refractivity contribution in [2.75, 3.05) is 38.8 Å². The summed E-state index contributed by atoms with van der Waals surface area (Å²) in [5.41, 5.74) is 2.34. The molecule has 1 N–H and O–H groups in total. The number of halogens is 1. The van der Waals surface area contributed by atoms with Crippen LogP contribution in [0.25, 0.3) is 0 Å². The van der Waals surface area contributed by atoms with Gasteiger partial charge in [0.15, 0.2) is 0 Å². The van der Waals surface area contributed by atoms with E-state index < -0.39 is 0 Å². The second-order valence-corrected chi connectivity index (χ2v) is 6.22. The fourth-order valence-corrected chi connectivity index (χ4v) is 2.83. The highest BCUT2D eigenvalue weighted by Gasteiger charge is 2.33. The van der Waals surface area contributed by atoms with Crippen LogP contribution in [0.1, 0.15) is 18.9 Å². The van der Waals surface area contributed by atoms with E-state index in [0.29, 0.717) is 0 Å². The summed E-state index contributed by atoms with van der Waals surface area (Å²) in [7, 11) is 3.84. The molecule has 3 nitrogen and oxygen atoms in total. The minimum atomic E-state index is 0.730. The molecule has 2 atom stereocenters. The Morgan fingerprint density at radius 3 is 2.80 bits per heavy atom. The maximum absolute atomic E-state index is 6.41. The first-order valence-corrected chi connectivity index (χ1v) is 7.69. The zero-order valence-electron chi connectivity index (χ0n) is 12.7. The highest BCUT2D eigenvalue weighted by molar-refractivity contribution is 6.33. The van der Waals surface area contributed by atoms with Gasteiger partial charge in [-0.05, 0) is 36.0 Å². The quantitative estimate of drug-likeness (QED) is 0.746. The van der Waals surface area contributed by atoms with Crippen LogP contribution in [0, 0.1) is 11.8 Å². The van der Waals surface area contributed by atoms with Crippen molar-refractivity contribution in [1.82, 2.24) is 5.32 Å². The SMILES string of the molecule is COCCNCc1ccc(N(C)CC2CC2C)c(Cl)c1. The molecule has 1 aliphatic rings. The molecule has 4 heteroatoms. The van der Waals surface area contributed by atoms with E-state index in [1.165, 1.54) is 12.0 Å². The van der Waals surface area contributed by atoms with Gasteiger partial charge in [0, 0.05) is 33.8 Å². The third-order valence-corrected chi connectivity index (χ3v) is 4.32. The smallest absolute Gasteiger partial charge is 0.0642 e. The average Bonchev–Trinajstić information content (AvgIpc) is 3.10. The summed E-state index contributed by atoms with van der Waals surface area (Å²) >= 11 is 6.41. The summed E-state index contributed by atoms with van der Waals surface area (Å²) in [4.78, 5) is 2.28. The van der Waals surface area contributed by atoms with Crippen molar-refractivity contribution in [3.05, 3.63) is 28.8 Å². The van der Waals surface area contributed by atoms with Gasteiger partial charge in [0.2, 0.25) is 0 Å². The molecule has 0 heterocycles. The van der Waals surface area contributed by atoms with Crippen LogP contribution in [-0.4, -0.2) is 33.9 Å². The molecular formula is C16H25ClN2O. The third kappa shape index (κ3) is 4.37. The van der Waals surface area contributed by atoms with E-state index in [2.05, 4.69) is 42.4 Å². The molecular weight excluding hydrogens is 272 g/mol. The van der Waals surface area contributed by atoms with Gasteiger partial charge in [-0.25, -0.2) is 0 Å². The number of ether oxygens (including phenoxy) is 1. The maximum Gasteiger partial charge on any atom is 0.0642 e. The van der Waals surface area contributed by atoms with Crippen molar-refractivity contribution >= 4 is 17.3 Å². The molecule has 0 bridgehead atoms. The Balaban J connectivity index is 1.87. The minimum Gasteiger partial charge on any atom is -0.383 e. The molecule has 1 fully saturated rings. The number of nitrogens with one attached hydrogen (secondary N) is 1. The molecule has 0 aromatic heterocycles. The topological polar surface area (TPSA) is 24.5 Å². The Morgan fingerprint density at radius 2 is 2.20 bits per heavy atom. The molecule has 112 valence electrons. The van der Waals surface area contributed by atoms with E-state index in [4.69, 9.17) is 16.3 Å². The van der Waals surface area contributed by atoms with Crippen molar-refractivity contribution in [3.63, 3.8) is 0 Å². The Hall–Kier alpha value is -0.770. The molecule has 2 rings (SSSR count). The van der Waals surface area contributed by atoms with Gasteiger partial charge in [-0.3, -0.25) is 0 Å². The predicted molar refractivity (Wildman–Crippen MR) is 85.6 cm³/mol. The molecule has 2 unspecified atom stereocenters. The number of rotatable bonds is 8. The van der Waals surface area contributed by atoms with Crippen molar-refractivity contribution in [3.8, 4) is 0 Å². The minimum absolute atomic E-state index is 0.730. The molecule has 0 aliphatic heterocycles. The van der Waals surface area contributed by atoms with E-state index in [1.54, 1.807) is 7.11 Å². The van der Waals surface area contributed by atoms with E-state index in [1.807, 2.05) is 0 Å². The zero-order valence-corrected chi connectivity index (χ0v) is 13.4. The maximum atomic E-state index is 6.41. The monoisotopic (exact) mass is 296 g/mol. The van der Waals surface area contributed by atoms with E-state index in [9.17, 15) is 0 Å². The van der Waals surface area contributed by atoms with Crippen molar-refractivity contribution in [1.29, 1.82) is 0 Å². The first-order chi connectivity index (χ1) is 9.61. The number of anilines is 1. The zero-order chi connectivity index (χ0) is 14.5. The van der Waals surface area contributed by atoms with Crippen LogP contribution in [-0.2, 0) is 11.3 Å². The second kappa shape index (κ2) is 7.30. The number of benzene rings is 1. The van der Waals surface area contributed by atoms with Crippen LogP contribution < -0.4 is 10.2 Å². The Morgan fingerprint density at radius 1 is 1.45 bits per heavy atom. The van der Waals surface area contributed by atoms with Crippen LogP contribution in [0.3, 0.4) is 0 Å². The largest absolute Gasteiger partial charge is 0.383 e. The summed E-state index contributed by atoms with van der Waals surface area (Å²) in [6, 6.07) is 6.33. The fourth-order valence-electron chi connectivity index (χ4n) is 2.48. The summed E-state index contributed by atoms with van der Waals surface area (Å²) < 4.78 is 5.01. The van der Waals surface area contributed by atoms with Crippen molar-refractivity contribution in [2.24, 2.45) is 11.8 Å². The normalized spacial score (nSPS) is 21.0. The molecule has 1 aromatic carbocycles. The molecule has 1 aromatic rings. The van der Waals surface area contributed by atoms with Gasteiger partial charge in [0.1, 0.15) is 0 Å². The Labute approximate surface area is 127 Å². The number of nitrogens with zero attached hydrogens (tertiary/aromatic N) is 1. The molecule has 0 saturated heterocycles. The first kappa shape index (κ1) is 15.6. The van der Waals surface area contributed by atoms with Gasteiger partial charge in [-0.15, -0.1) is 0 Å². The molecule has 1 aliphatic carbocycles. The van der Waals surface area contributed by atoms with E-state index >= 15 is 0 Å². The second-order valence-electron chi connectivity index (χ2n) is 5.81. The van der Waals surface area contributed by atoms with Crippen LogP contribution in [0.15, 0.2) is 18.2 Å². The summed E-state index contributed by atoms with van der Waals surface area (Å²) in [5.74, 6) is 1.71. The molecule has 0 spiro atoms. The van der Waals surface area contributed by atoms with E-state index in [-0.39, 0.29) is 0 Å². The number of methoxy groups -OCH3 is 1. The summed E-state index contributed by atoms with van der Waals surface area (Å²) in [5, 5.41) is 4.17. The van der Waals surface area contributed by atoms with Crippen molar-refractivity contribution < 1.29 is 4.74 Å². The van der Waals surface area contributed by atoms with E-state index in [0.717, 1.165) is 48.8 Å². The van der Waals surface area contributed by atoms with Gasteiger partial charge < -0.3 is 15.0 Å². The summed E-state index contributed by atoms with van der Waals surface area (Å²) in [6.45, 7) is 5.83. The fraction of sp³-hybridized carbons (Fsp3) is 0.625. The van der Waals surface area contributed by atoms with Gasteiger partial charge in [-0.2, -0.15) is 0 Å². The van der Waals surface area contributed by atoms with Crippen LogP contribution >= 0.6 is 11.6 Å². The number of hydrogen-bond acceptors (Lipinski definition) is 3.